The van der Waals surface area contributed by atoms with Gasteiger partial charge in [-0.25, -0.2) is 4.39 Å². The summed E-state index contributed by atoms with van der Waals surface area (Å²) in [5.41, 5.74) is 2.63. The summed E-state index contributed by atoms with van der Waals surface area (Å²) in [7, 11) is 0. The van der Waals surface area contributed by atoms with Crippen LogP contribution in [-0.2, 0) is 12.8 Å². The zero-order valence-electron chi connectivity index (χ0n) is 10.7. The minimum atomic E-state index is -0.496. The molecule has 0 amide bonds. The van der Waals surface area contributed by atoms with Gasteiger partial charge >= 0.3 is 0 Å². The molecular weight excluding hydrogens is 259 g/mol. The number of benzene rings is 2. The molecular formula is C15H13FN2O2. The number of hydrogen-bond donors (Lipinski definition) is 1. The Morgan fingerprint density at radius 3 is 2.40 bits per heavy atom. The van der Waals surface area contributed by atoms with E-state index in [9.17, 15) is 14.5 Å². The Kier molecular flexibility index (Phi) is 3.10. The number of rotatable bonds is 3. The van der Waals surface area contributed by atoms with Crippen molar-refractivity contribution >= 4 is 11.4 Å². The Hall–Kier alpha value is -2.43. The van der Waals surface area contributed by atoms with Crippen LogP contribution in [0.3, 0.4) is 0 Å². The number of halogens is 1. The molecule has 0 heterocycles. The van der Waals surface area contributed by atoms with Crippen LogP contribution >= 0.6 is 0 Å². The molecule has 0 saturated carbocycles. The van der Waals surface area contributed by atoms with Crippen LogP contribution in [0.5, 0.6) is 0 Å². The molecule has 5 heteroatoms. The van der Waals surface area contributed by atoms with E-state index in [1.165, 1.54) is 23.3 Å². The van der Waals surface area contributed by atoms with E-state index in [4.69, 9.17) is 0 Å². The lowest BCUT2D eigenvalue weighted by Gasteiger charge is -2.13. The van der Waals surface area contributed by atoms with Crippen LogP contribution < -0.4 is 5.32 Å². The van der Waals surface area contributed by atoms with Crippen molar-refractivity contribution in [2.45, 2.75) is 18.9 Å². The Morgan fingerprint density at radius 1 is 1.15 bits per heavy atom. The molecule has 0 fully saturated rings. The van der Waals surface area contributed by atoms with Crippen molar-refractivity contribution in [3.8, 4) is 0 Å². The molecule has 0 unspecified atom stereocenters. The normalized spacial score (nSPS) is 14.1. The second kappa shape index (κ2) is 4.92. The summed E-state index contributed by atoms with van der Waals surface area (Å²) >= 11 is 0. The first-order valence-electron chi connectivity index (χ1n) is 6.41. The second-order valence-electron chi connectivity index (χ2n) is 4.94. The summed E-state index contributed by atoms with van der Waals surface area (Å²) in [5.74, 6) is -0.478. The molecule has 4 nitrogen and oxygen atoms in total. The van der Waals surface area contributed by atoms with Crippen molar-refractivity contribution < 1.29 is 9.31 Å². The molecule has 102 valence electrons. The van der Waals surface area contributed by atoms with Crippen LogP contribution in [0.25, 0.3) is 0 Å². The minimum Gasteiger partial charge on any atom is -0.376 e. The predicted octanol–water partition coefficient (Wildman–Crippen LogP) is 3.31. The molecule has 2 aromatic rings. The number of nitrogens with one attached hydrogen (secondary N) is 1. The van der Waals surface area contributed by atoms with Crippen LogP contribution in [0.15, 0.2) is 42.5 Å². The van der Waals surface area contributed by atoms with Gasteiger partial charge in [-0.1, -0.05) is 24.3 Å². The highest BCUT2D eigenvalue weighted by molar-refractivity contribution is 5.62. The van der Waals surface area contributed by atoms with Crippen molar-refractivity contribution in [2.24, 2.45) is 0 Å². The summed E-state index contributed by atoms with van der Waals surface area (Å²) < 4.78 is 13.3. The summed E-state index contributed by atoms with van der Waals surface area (Å²) in [6.45, 7) is 0. The van der Waals surface area contributed by atoms with Gasteiger partial charge in [0.1, 0.15) is 11.5 Å². The van der Waals surface area contributed by atoms with E-state index >= 15 is 0 Å². The highest BCUT2D eigenvalue weighted by Crippen LogP contribution is 2.29. The molecule has 0 spiro atoms. The molecule has 0 aliphatic heterocycles. The third kappa shape index (κ3) is 2.34. The van der Waals surface area contributed by atoms with Gasteiger partial charge in [0.05, 0.1) is 4.92 Å². The molecule has 1 aliphatic carbocycles. The molecule has 0 saturated heterocycles. The van der Waals surface area contributed by atoms with Crippen LogP contribution in [-0.4, -0.2) is 11.0 Å². The molecule has 0 radical (unpaired) electrons. The van der Waals surface area contributed by atoms with Crippen LogP contribution in [0, 0.1) is 15.9 Å². The SMILES string of the molecule is O=[N+]([O-])c1ccc(F)cc1NC1Cc2ccccc2C1. The Bertz CT molecular complexity index is 648. The van der Waals surface area contributed by atoms with Crippen LogP contribution in [0.2, 0.25) is 0 Å². The quantitative estimate of drug-likeness (QED) is 0.689. The van der Waals surface area contributed by atoms with E-state index in [1.54, 1.807) is 0 Å². The molecule has 0 aromatic heterocycles. The van der Waals surface area contributed by atoms with Crippen molar-refractivity contribution in [3.63, 3.8) is 0 Å². The Labute approximate surface area is 115 Å². The summed E-state index contributed by atoms with van der Waals surface area (Å²) in [6.07, 6.45) is 1.59. The number of fused-ring (bicyclic) bond motifs is 1. The fourth-order valence-corrected chi connectivity index (χ4v) is 2.66. The van der Waals surface area contributed by atoms with Gasteiger partial charge in [-0.15, -0.1) is 0 Å². The van der Waals surface area contributed by atoms with Gasteiger partial charge < -0.3 is 5.32 Å². The molecule has 20 heavy (non-hydrogen) atoms. The molecule has 1 aliphatic rings. The number of hydrogen-bond acceptors (Lipinski definition) is 3. The number of anilines is 1. The molecule has 3 rings (SSSR count). The van der Waals surface area contributed by atoms with Gasteiger partial charge in [0.15, 0.2) is 0 Å². The topological polar surface area (TPSA) is 55.2 Å². The first kappa shape index (κ1) is 12.6. The van der Waals surface area contributed by atoms with E-state index in [0.29, 0.717) is 0 Å². The van der Waals surface area contributed by atoms with Crippen LogP contribution in [0.4, 0.5) is 15.8 Å². The molecule has 0 bridgehead atoms. The maximum absolute atomic E-state index is 13.3. The summed E-state index contributed by atoms with van der Waals surface area (Å²) in [4.78, 5) is 10.5. The second-order valence-corrected chi connectivity index (χ2v) is 4.94. The van der Waals surface area contributed by atoms with Gasteiger partial charge in [-0.3, -0.25) is 10.1 Å². The Morgan fingerprint density at radius 2 is 1.80 bits per heavy atom. The van der Waals surface area contributed by atoms with Crippen LogP contribution in [0.1, 0.15) is 11.1 Å². The first-order valence-corrected chi connectivity index (χ1v) is 6.41. The fraction of sp³-hybridized carbons (Fsp3) is 0.200. The minimum absolute atomic E-state index is 0.0629. The zero-order chi connectivity index (χ0) is 14.1. The maximum Gasteiger partial charge on any atom is 0.292 e. The number of nitro benzene ring substituents is 1. The average Bonchev–Trinajstić information content (AvgIpc) is 2.80. The largest absolute Gasteiger partial charge is 0.376 e. The third-order valence-corrected chi connectivity index (χ3v) is 3.57. The number of nitro groups is 1. The predicted molar refractivity (Wildman–Crippen MR) is 74.3 cm³/mol. The van der Waals surface area contributed by atoms with Gasteiger partial charge in [-0.05, 0) is 30.0 Å². The van der Waals surface area contributed by atoms with Gasteiger partial charge in [0.2, 0.25) is 0 Å². The van der Waals surface area contributed by atoms with Gasteiger partial charge in [0.25, 0.3) is 5.69 Å². The summed E-state index contributed by atoms with van der Waals surface area (Å²) in [5, 5.41) is 14.1. The highest BCUT2D eigenvalue weighted by atomic mass is 19.1. The third-order valence-electron chi connectivity index (χ3n) is 3.57. The first-order chi connectivity index (χ1) is 9.63. The highest BCUT2D eigenvalue weighted by Gasteiger charge is 2.23. The lowest BCUT2D eigenvalue weighted by Crippen LogP contribution is -2.20. The Balaban J connectivity index is 1.83. The van der Waals surface area contributed by atoms with Crippen molar-refractivity contribution in [1.82, 2.24) is 0 Å². The fourth-order valence-electron chi connectivity index (χ4n) is 2.66. The standard InChI is InChI=1S/C15H13FN2O2/c16-12-5-6-15(18(19)20)14(9-12)17-13-7-10-3-1-2-4-11(10)8-13/h1-6,9,13,17H,7-8H2. The summed E-state index contributed by atoms with van der Waals surface area (Å²) in [6, 6.07) is 11.6. The zero-order valence-corrected chi connectivity index (χ0v) is 10.7. The molecule has 1 N–H and O–H groups in total. The van der Waals surface area contributed by atoms with E-state index in [1.807, 2.05) is 12.1 Å². The van der Waals surface area contributed by atoms with E-state index in [0.717, 1.165) is 18.9 Å². The lowest BCUT2D eigenvalue weighted by atomic mass is 10.1. The van der Waals surface area contributed by atoms with Gasteiger partial charge in [0, 0.05) is 18.2 Å². The van der Waals surface area contributed by atoms with E-state index in [2.05, 4.69) is 17.4 Å². The average molecular weight is 272 g/mol. The molecule has 2 aromatic carbocycles. The smallest absolute Gasteiger partial charge is 0.292 e. The number of nitrogens with zero attached hydrogens (tertiary/aromatic N) is 1. The monoisotopic (exact) mass is 272 g/mol. The maximum atomic E-state index is 13.3. The van der Waals surface area contributed by atoms with E-state index in [-0.39, 0.29) is 17.4 Å². The van der Waals surface area contributed by atoms with Crippen molar-refractivity contribution in [1.29, 1.82) is 0 Å². The van der Waals surface area contributed by atoms with Crippen molar-refractivity contribution in [3.05, 3.63) is 69.5 Å². The van der Waals surface area contributed by atoms with Gasteiger partial charge in [-0.2, -0.15) is 0 Å². The van der Waals surface area contributed by atoms with E-state index < -0.39 is 10.7 Å². The lowest BCUT2D eigenvalue weighted by molar-refractivity contribution is -0.384. The molecule has 0 atom stereocenters. The van der Waals surface area contributed by atoms with Crippen molar-refractivity contribution in [2.75, 3.05) is 5.32 Å².